The summed E-state index contributed by atoms with van der Waals surface area (Å²) in [7, 11) is 0. The Hall–Kier alpha value is -3.08. The third kappa shape index (κ3) is 4.16. The van der Waals surface area contributed by atoms with Crippen molar-refractivity contribution in [1.29, 1.82) is 0 Å². The largest absolute Gasteiger partial charge is 0.490 e. The van der Waals surface area contributed by atoms with E-state index in [2.05, 4.69) is 39.8 Å². The van der Waals surface area contributed by atoms with Crippen LogP contribution in [-0.4, -0.2) is 34.5 Å². The van der Waals surface area contributed by atoms with Crippen LogP contribution in [0.25, 0.3) is 6.08 Å². The van der Waals surface area contributed by atoms with Crippen LogP contribution in [0.4, 0.5) is 0 Å². The normalized spacial score (nSPS) is 18.0. The first-order chi connectivity index (χ1) is 15.0. The Morgan fingerprint density at radius 3 is 2.62 bits per heavy atom. The van der Waals surface area contributed by atoms with Gasteiger partial charge in [-0.15, -0.1) is 0 Å². The van der Waals surface area contributed by atoms with E-state index in [1.54, 1.807) is 6.08 Å². The monoisotopic (exact) mass is 433 g/mol. The molecule has 32 heavy (non-hydrogen) atoms. The molecule has 2 aromatic carbocycles. The zero-order valence-electron chi connectivity index (χ0n) is 19.7. The number of aryl methyl sites for hydroxylation is 1. The molecule has 2 aliphatic rings. The number of carboxylic acids is 1. The van der Waals surface area contributed by atoms with Crippen molar-refractivity contribution >= 4 is 17.8 Å². The van der Waals surface area contributed by atoms with Gasteiger partial charge in [0.1, 0.15) is 5.60 Å². The second-order valence-electron chi connectivity index (χ2n) is 9.88. The first-order valence-corrected chi connectivity index (χ1v) is 11.1. The molecule has 5 heteroatoms. The Morgan fingerprint density at radius 2 is 1.97 bits per heavy atom. The molecule has 0 atom stereocenters. The van der Waals surface area contributed by atoms with Crippen LogP contribution in [0.2, 0.25) is 0 Å². The van der Waals surface area contributed by atoms with E-state index >= 15 is 0 Å². The van der Waals surface area contributed by atoms with Crippen molar-refractivity contribution in [2.24, 2.45) is 4.99 Å². The number of hydrogen-bond donors (Lipinski definition) is 1. The molecular weight excluding hydrogens is 402 g/mol. The number of hydrogen-bond acceptors (Lipinski definition) is 4. The number of ether oxygens (including phenoxy) is 2. The predicted octanol–water partition coefficient (Wildman–Crippen LogP) is 5.38. The van der Waals surface area contributed by atoms with E-state index < -0.39 is 5.97 Å². The summed E-state index contributed by atoms with van der Waals surface area (Å²) in [6, 6.07) is 8.22. The van der Waals surface area contributed by atoms with Crippen LogP contribution in [0.5, 0.6) is 11.5 Å². The molecule has 1 N–H and O–H groups in total. The lowest BCUT2D eigenvalue weighted by molar-refractivity contribution is -0.131. The standard InChI is InChI=1S/C27H31NO4/c1-7-31-21-13-19-14-26(3,4)28-24(23(19)20-15-27(5,6)32-25(20)21)18-9-8-17(16(2)12-18)10-11-22(29)30/h8-13H,7,14-15H2,1-6H3,(H,29,30). The van der Waals surface area contributed by atoms with Gasteiger partial charge in [0, 0.05) is 29.2 Å². The fourth-order valence-corrected chi connectivity index (χ4v) is 4.71. The van der Waals surface area contributed by atoms with E-state index in [1.165, 1.54) is 11.6 Å². The minimum Gasteiger partial charge on any atom is -0.490 e. The number of fused-ring (bicyclic) bond motifs is 3. The van der Waals surface area contributed by atoms with Gasteiger partial charge in [-0.05, 0) is 82.9 Å². The van der Waals surface area contributed by atoms with Crippen LogP contribution in [-0.2, 0) is 17.6 Å². The fraction of sp³-hybridized carbons (Fsp3) is 0.407. The maximum Gasteiger partial charge on any atom is 0.328 e. The van der Waals surface area contributed by atoms with E-state index in [-0.39, 0.29) is 11.1 Å². The highest BCUT2D eigenvalue weighted by molar-refractivity contribution is 6.16. The molecular formula is C27H31NO4. The fourth-order valence-electron chi connectivity index (χ4n) is 4.71. The van der Waals surface area contributed by atoms with Gasteiger partial charge in [-0.2, -0.15) is 0 Å². The topological polar surface area (TPSA) is 68.1 Å². The van der Waals surface area contributed by atoms with Crippen LogP contribution in [0.1, 0.15) is 68.0 Å². The van der Waals surface area contributed by atoms with Gasteiger partial charge in [-0.3, -0.25) is 4.99 Å². The van der Waals surface area contributed by atoms with Crippen molar-refractivity contribution in [3.63, 3.8) is 0 Å². The molecule has 0 saturated heterocycles. The third-order valence-electron chi connectivity index (χ3n) is 5.93. The summed E-state index contributed by atoms with van der Waals surface area (Å²) < 4.78 is 12.3. The highest BCUT2D eigenvalue weighted by Gasteiger charge is 2.39. The summed E-state index contributed by atoms with van der Waals surface area (Å²) in [6.45, 7) is 13.1. The average Bonchev–Trinajstić information content (AvgIpc) is 3.01. The third-order valence-corrected chi connectivity index (χ3v) is 5.93. The summed E-state index contributed by atoms with van der Waals surface area (Å²) in [6.07, 6.45) is 4.42. The molecule has 0 aromatic heterocycles. The second-order valence-corrected chi connectivity index (χ2v) is 9.88. The minimum absolute atomic E-state index is 0.245. The Bertz CT molecular complexity index is 1150. The lowest BCUT2D eigenvalue weighted by Crippen LogP contribution is -2.30. The van der Waals surface area contributed by atoms with Crippen LogP contribution in [0.3, 0.4) is 0 Å². The number of rotatable bonds is 5. The Balaban J connectivity index is 1.89. The van der Waals surface area contributed by atoms with Crippen molar-refractivity contribution in [1.82, 2.24) is 0 Å². The molecule has 0 unspecified atom stereocenters. The van der Waals surface area contributed by atoms with E-state index in [9.17, 15) is 4.79 Å². The van der Waals surface area contributed by atoms with Crippen molar-refractivity contribution in [3.05, 3.63) is 63.7 Å². The number of carbonyl (C=O) groups is 1. The zero-order chi connectivity index (χ0) is 23.3. The number of carboxylic acid groups (broad SMARTS) is 1. The molecule has 2 aromatic rings. The van der Waals surface area contributed by atoms with Crippen LogP contribution in [0.15, 0.2) is 35.3 Å². The van der Waals surface area contributed by atoms with E-state index in [4.69, 9.17) is 19.6 Å². The molecule has 0 fully saturated rings. The van der Waals surface area contributed by atoms with Gasteiger partial charge < -0.3 is 14.6 Å². The van der Waals surface area contributed by atoms with E-state index in [1.807, 2.05) is 26.0 Å². The molecule has 168 valence electrons. The van der Waals surface area contributed by atoms with Gasteiger partial charge in [-0.25, -0.2) is 4.79 Å². The van der Waals surface area contributed by atoms with Crippen molar-refractivity contribution in [2.75, 3.05) is 6.61 Å². The first kappa shape index (κ1) is 22.1. The maximum atomic E-state index is 10.9. The number of benzene rings is 2. The Morgan fingerprint density at radius 1 is 1.22 bits per heavy atom. The average molecular weight is 434 g/mol. The maximum absolute atomic E-state index is 10.9. The summed E-state index contributed by atoms with van der Waals surface area (Å²) >= 11 is 0. The quantitative estimate of drug-likeness (QED) is 0.643. The van der Waals surface area contributed by atoms with Crippen LogP contribution < -0.4 is 9.47 Å². The lowest BCUT2D eigenvalue weighted by atomic mass is 9.80. The molecule has 2 aliphatic heterocycles. The number of nitrogens with zero attached hydrogens (tertiary/aromatic N) is 1. The molecule has 0 spiro atoms. The van der Waals surface area contributed by atoms with E-state index in [0.717, 1.165) is 57.9 Å². The first-order valence-electron chi connectivity index (χ1n) is 11.1. The SMILES string of the molecule is CCOc1cc2c(c3c1OC(C)(C)C3)C(c1ccc(C=CC(=O)O)c(C)c1)=NC(C)(C)C2. The summed E-state index contributed by atoms with van der Waals surface area (Å²) in [4.78, 5) is 16.1. The summed E-state index contributed by atoms with van der Waals surface area (Å²) in [5.41, 5.74) is 6.89. The van der Waals surface area contributed by atoms with Gasteiger partial charge >= 0.3 is 5.97 Å². The van der Waals surface area contributed by atoms with Crippen molar-refractivity contribution in [3.8, 4) is 11.5 Å². The van der Waals surface area contributed by atoms with Crippen molar-refractivity contribution < 1.29 is 19.4 Å². The van der Waals surface area contributed by atoms with E-state index in [0.29, 0.717) is 6.61 Å². The molecule has 0 bridgehead atoms. The summed E-state index contributed by atoms with van der Waals surface area (Å²) in [5, 5.41) is 8.96. The smallest absolute Gasteiger partial charge is 0.328 e. The number of aliphatic carboxylic acids is 1. The predicted molar refractivity (Wildman–Crippen MR) is 127 cm³/mol. The molecule has 0 radical (unpaired) electrons. The highest BCUT2D eigenvalue weighted by atomic mass is 16.5. The lowest BCUT2D eigenvalue weighted by Gasteiger charge is -2.31. The Labute approximate surface area is 189 Å². The molecule has 4 rings (SSSR count). The molecule has 0 amide bonds. The van der Waals surface area contributed by atoms with Gasteiger partial charge in [0.2, 0.25) is 0 Å². The van der Waals surface area contributed by atoms with Crippen molar-refractivity contribution in [2.45, 2.75) is 65.5 Å². The van der Waals surface area contributed by atoms with Gasteiger partial charge in [0.05, 0.1) is 17.9 Å². The number of aliphatic imine (C=N–C) groups is 1. The zero-order valence-corrected chi connectivity index (χ0v) is 19.7. The molecule has 2 heterocycles. The van der Waals surface area contributed by atoms with Gasteiger partial charge in [-0.1, -0.05) is 12.1 Å². The van der Waals surface area contributed by atoms with Gasteiger partial charge in [0.25, 0.3) is 0 Å². The molecule has 0 aliphatic carbocycles. The summed E-state index contributed by atoms with van der Waals surface area (Å²) in [5.74, 6) is 0.694. The molecule has 0 saturated carbocycles. The Kier molecular flexibility index (Phi) is 5.40. The highest BCUT2D eigenvalue weighted by Crippen LogP contribution is 2.48. The molecule has 5 nitrogen and oxygen atoms in total. The van der Waals surface area contributed by atoms with Crippen LogP contribution >= 0.6 is 0 Å². The van der Waals surface area contributed by atoms with Gasteiger partial charge in [0.15, 0.2) is 11.5 Å². The second kappa shape index (κ2) is 7.80. The van der Waals surface area contributed by atoms with Crippen LogP contribution in [0, 0.1) is 6.92 Å². The minimum atomic E-state index is -0.955.